The molecule has 3 rings (SSSR count). The zero-order chi connectivity index (χ0) is 13.6. The van der Waals surface area contributed by atoms with E-state index in [9.17, 15) is 4.79 Å². The SMILES string of the molecule is CNC1CC2(C1)CN(c1cc(C)nc(C(=O)O)c1)C2. The van der Waals surface area contributed by atoms with E-state index in [1.165, 1.54) is 12.8 Å². The third-order valence-electron chi connectivity index (χ3n) is 4.34. The van der Waals surface area contributed by atoms with Gasteiger partial charge in [-0.05, 0) is 38.9 Å². The molecule has 1 saturated heterocycles. The third kappa shape index (κ3) is 2.08. The number of aromatic carboxylic acids is 1. The third-order valence-corrected chi connectivity index (χ3v) is 4.34. The zero-order valence-electron chi connectivity index (χ0n) is 11.3. The smallest absolute Gasteiger partial charge is 0.354 e. The van der Waals surface area contributed by atoms with Gasteiger partial charge in [0.25, 0.3) is 0 Å². The molecule has 19 heavy (non-hydrogen) atoms. The second-order valence-electron chi connectivity index (χ2n) is 5.91. The molecule has 2 heterocycles. The fourth-order valence-electron chi connectivity index (χ4n) is 3.34. The number of carboxylic acids is 1. The molecule has 0 aromatic carbocycles. The number of hydrogen-bond acceptors (Lipinski definition) is 4. The molecule has 1 aromatic rings. The number of carbonyl (C=O) groups is 1. The number of nitrogens with one attached hydrogen (secondary N) is 1. The Labute approximate surface area is 112 Å². The van der Waals surface area contributed by atoms with Crippen molar-refractivity contribution in [3.8, 4) is 0 Å². The summed E-state index contributed by atoms with van der Waals surface area (Å²) < 4.78 is 0. The lowest BCUT2D eigenvalue weighted by Crippen LogP contribution is -2.66. The molecule has 5 heteroatoms. The van der Waals surface area contributed by atoms with E-state index in [4.69, 9.17) is 5.11 Å². The number of anilines is 1. The topological polar surface area (TPSA) is 65.5 Å². The van der Waals surface area contributed by atoms with Crippen LogP contribution in [-0.4, -0.2) is 42.2 Å². The lowest BCUT2D eigenvalue weighted by Gasteiger charge is -2.60. The molecule has 0 atom stereocenters. The van der Waals surface area contributed by atoms with Gasteiger partial charge in [-0.2, -0.15) is 0 Å². The summed E-state index contributed by atoms with van der Waals surface area (Å²) in [6.45, 7) is 3.91. The number of aryl methyl sites for hydroxylation is 1. The van der Waals surface area contributed by atoms with Crippen LogP contribution in [0.25, 0.3) is 0 Å². The van der Waals surface area contributed by atoms with E-state index in [-0.39, 0.29) is 5.69 Å². The molecule has 2 N–H and O–H groups in total. The zero-order valence-corrected chi connectivity index (χ0v) is 11.3. The predicted molar refractivity (Wildman–Crippen MR) is 72.7 cm³/mol. The van der Waals surface area contributed by atoms with Crippen LogP contribution in [0.2, 0.25) is 0 Å². The minimum atomic E-state index is -0.959. The van der Waals surface area contributed by atoms with Crippen LogP contribution in [-0.2, 0) is 0 Å². The molecule has 1 spiro atoms. The minimum absolute atomic E-state index is 0.137. The van der Waals surface area contributed by atoms with Crippen LogP contribution >= 0.6 is 0 Å². The lowest BCUT2D eigenvalue weighted by atomic mass is 9.60. The van der Waals surface area contributed by atoms with E-state index in [1.807, 2.05) is 20.0 Å². The van der Waals surface area contributed by atoms with Gasteiger partial charge in [0.2, 0.25) is 0 Å². The molecular weight excluding hydrogens is 242 g/mol. The number of aromatic nitrogens is 1. The summed E-state index contributed by atoms with van der Waals surface area (Å²) in [7, 11) is 2.01. The second kappa shape index (κ2) is 4.20. The standard InChI is InChI=1S/C14H19N3O2/c1-9-3-11(4-12(16-9)13(18)19)17-7-14(8-17)5-10(6-14)15-2/h3-4,10,15H,5-8H2,1-2H3,(H,18,19). The van der Waals surface area contributed by atoms with Gasteiger partial charge >= 0.3 is 5.97 Å². The van der Waals surface area contributed by atoms with Crippen LogP contribution in [0.1, 0.15) is 29.0 Å². The largest absolute Gasteiger partial charge is 0.477 e. The first-order chi connectivity index (χ1) is 9.01. The average molecular weight is 261 g/mol. The summed E-state index contributed by atoms with van der Waals surface area (Å²) >= 11 is 0. The molecule has 2 aliphatic rings. The summed E-state index contributed by atoms with van der Waals surface area (Å²) in [4.78, 5) is 17.3. The van der Waals surface area contributed by atoms with Crippen LogP contribution in [0.15, 0.2) is 12.1 Å². The molecule has 0 radical (unpaired) electrons. The van der Waals surface area contributed by atoms with Gasteiger partial charge in [-0.15, -0.1) is 0 Å². The minimum Gasteiger partial charge on any atom is -0.477 e. The van der Waals surface area contributed by atoms with Crippen LogP contribution in [0, 0.1) is 12.3 Å². The van der Waals surface area contributed by atoms with Crippen LogP contribution in [0.4, 0.5) is 5.69 Å². The maximum atomic E-state index is 11.0. The average Bonchev–Trinajstić information content (AvgIpc) is 2.25. The maximum Gasteiger partial charge on any atom is 0.354 e. The highest BCUT2D eigenvalue weighted by atomic mass is 16.4. The van der Waals surface area contributed by atoms with Crippen molar-refractivity contribution >= 4 is 11.7 Å². The quantitative estimate of drug-likeness (QED) is 0.858. The van der Waals surface area contributed by atoms with Crippen molar-refractivity contribution in [2.24, 2.45) is 5.41 Å². The number of pyridine rings is 1. The van der Waals surface area contributed by atoms with Gasteiger partial charge in [-0.1, -0.05) is 0 Å². The van der Waals surface area contributed by atoms with Crippen molar-refractivity contribution < 1.29 is 9.90 Å². The number of nitrogens with zero attached hydrogens (tertiary/aromatic N) is 2. The highest BCUT2D eigenvalue weighted by molar-refractivity contribution is 5.86. The van der Waals surface area contributed by atoms with Gasteiger partial charge in [0.1, 0.15) is 0 Å². The first kappa shape index (κ1) is 12.4. The van der Waals surface area contributed by atoms with E-state index >= 15 is 0 Å². The summed E-state index contributed by atoms with van der Waals surface area (Å²) in [5.41, 5.74) is 2.35. The second-order valence-corrected chi connectivity index (χ2v) is 5.91. The van der Waals surface area contributed by atoms with E-state index in [2.05, 4.69) is 15.2 Å². The monoisotopic (exact) mass is 261 g/mol. The van der Waals surface area contributed by atoms with E-state index in [1.54, 1.807) is 6.07 Å². The Morgan fingerprint density at radius 1 is 1.47 bits per heavy atom. The molecule has 1 aliphatic heterocycles. The van der Waals surface area contributed by atoms with Crippen LogP contribution < -0.4 is 10.2 Å². The van der Waals surface area contributed by atoms with Crippen LogP contribution in [0.5, 0.6) is 0 Å². The molecule has 5 nitrogen and oxygen atoms in total. The summed E-state index contributed by atoms with van der Waals surface area (Å²) in [5, 5.41) is 12.3. The molecule has 0 unspecified atom stereocenters. The molecule has 1 aliphatic carbocycles. The summed E-state index contributed by atoms with van der Waals surface area (Å²) in [5.74, 6) is -0.959. The highest BCUT2D eigenvalue weighted by Gasteiger charge is 2.51. The summed E-state index contributed by atoms with van der Waals surface area (Å²) in [6.07, 6.45) is 2.46. The number of hydrogen-bond donors (Lipinski definition) is 2. The van der Waals surface area contributed by atoms with Crippen molar-refractivity contribution in [1.82, 2.24) is 10.3 Å². The first-order valence-corrected chi connectivity index (χ1v) is 6.66. The number of rotatable bonds is 3. The molecule has 0 bridgehead atoms. The Bertz CT molecular complexity index is 515. The molecule has 0 amide bonds. The summed E-state index contributed by atoms with van der Waals surface area (Å²) in [6, 6.07) is 4.31. The van der Waals surface area contributed by atoms with Crippen LogP contribution in [0.3, 0.4) is 0 Å². The van der Waals surface area contributed by atoms with E-state index in [0.717, 1.165) is 24.5 Å². The van der Waals surface area contributed by atoms with Crippen molar-refractivity contribution in [2.75, 3.05) is 25.0 Å². The Kier molecular flexibility index (Phi) is 2.74. The predicted octanol–water partition coefficient (Wildman–Crippen LogP) is 1.28. The van der Waals surface area contributed by atoms with Crippen molar-refractivity contribution in [2.45, 2.75) is 25.8 Å². The normalized spacial score (nSPS) is 21.1. The molecular formula is C14H19N3O2. The Morgan fingerprint density at radius 3 is 2.74 bits per heavy atom. The van der Waals surface area contributed by atoms with Gasteiger partial charge in [0, 0.05) is 35.9 Å². The molecule has 1 saturated carbocycles. The Morgan fingerprint density at radius 2 is 2.16 bits per heavy atom. The molecule has 1 aromatic heterocycles. The lowest BCUT2D eigenvalue weighted by molar-refractivity contribution is 0.0521. The van der Waals surface area contributed by atoms with Gasteiger partial charge < -0.3 is 15.3 Å². The maximum absolute atomic E-state index is 11.0. The fourth-order valence-corrected chi connectivity index (χ4v) is 3.34. The Balaban J connectivity index is 1.70. The molecule has 102 valence electrons. The van der Waals surface area contributed by atoms with Crippen molar-refractivity contribution in [1.29, 1.82) is 0 Å². The van der Waals surface area contributed by atoms with Gasteiger partial charge in [0.15, 0.2) is 5.69 Å². The first-order valence-electron chi connectivity index (χ1n) is 6.66. The van der Waals surface area contributed by atoms with Gasteiger partial charge in [-0.25, -0.2) is 9.78 Å². The van der Waals surface area contributed by atoms with Gasteiger partial charge in [0.05, 0.1) is 0 Å². The van der Waals surface area contributed by atoms with E-state index < -0.39 is 5.97 Å². The van der Waals surface area contributed by atoms with E-state index in [0.29, 0.717) is 11.5 Å². The number of carboxylic acid groups (broad SMARTS) is 1. The molecule has 2 fully saturated rings. The van der Waals surface area contributed by atoms with Crippen molar-refractivity contribution in [3.63, 3.8) is 0 Å². The fraction of sp³-hybridized carbons (Fsp3) is 0.571. The highest BCUT2D eigenvalue weighted by Crippen LogP contribution is 2.49. The Hall–Kier alpha value is -1.62. The van der Waals surface area contributed by atoms with Gasteiger partial charge in [-0.3, -0.25) is 0 Å². The van der Waals surface area contributed by atoms with Crippen molar-refractivity contribution in [3.05, 3.63) is 23.5 Å².